The van der Waals surface area contributed by atoms with Crippen LogP contribution in [0.5, 0.6) is 0 Å². The van der Waals surface area contributed by atoms with Gasteiger partial charge in [-0.15, -0.1) is 0 Å². The first-order valence-corrected chi connectivity index (χ1v) is 11.0. The summed E-state index contributed by atoms with van der Waals surface area (Å²) >= 11 is 0.906. The first kappa shape index (κ1) is 22.4. The predicted molar refractivity (Wildman–Crippen MR) is 119 cm³/mol. The van der Waals surface area contributed by atoms with Crippen LogP contribution in [0.1, 0.15) is 45.7 Å². The number of anilines is 3. The Hall–Kier alpha value is -3.80. The highest BCUT2D eigenvalue weighted by molar-refractivity contribution is 7.18. The standard InChI is InChI=1S/C21H21FN6O4S/c1-10(19(24)30)28(13-6-4-12(22)5-7-13)21-26-18(23)17(33-21)16(29)15-8-14(27-32-15)20(31)25-9-11-2-3-11/h4-8,10-11H,2-3,9,23H2,1H3,(H2,24,30)(H,25,31)/t10-/m1/s1. The van der Waals surface area contributed by atoms with Crippen LogP contribution in [0.3, 0.4) is 0 Å². The minimum absolute atomic E-state index is 0.0161. The number of primary amides is 1. The topological polar surface area (TPSA) is 157 Å². The first-order valence-electron chi connectivity index (χ1n) is 10.1. The fourth-order valence-corrected chi connectivity index (χ4v) is 4.10. The number of hydrogen-bond acceptors (Lipinski definition) is 9. The molecule has 1 aliphatic rings. The summed E-state index contributed by atoms with van der Waals surface area (Å²) in [7, 11) is 0. The van der Waals surface area contributed by atoms with Gasteiger partial charge < -0.3 is 26.2 Å². The van der Waals surface area contributed by atoms with E-state index in [2.05, 4.69) is 15.5 Å². The maximum atomic E-state index is 13.4. The van der Waals surface area contributed by atoms with E-state index in [0.29, 0.717) is 18.2 Å². The van der Waals surface area contributed by atoms with Gasteiger partial charge in [0.15, 0.2) is 10.8 Å². The largest absolute Gasteiger partial charge is 0.382 e. The zero-order valence-electron chi connectivity index (χ0n) is 17.6. The van der Waals surface area contributed by atoms with Gasteiger partial charge in [-0.05, 0) is 49.9 Å². The number of amides is 2. The summed E-state index contributed by atoms with van der Waals surface area (Å²) < 4.78 is 18.5. The first-order chi connectivity index (χ1) is 15.7. The number of hydrogen-bond donors (Lipinski definition) is 3. The lowest BCUT2D eigenvalue weighted by atomic mass is 10.2. The Kier molecular flexibility index (Phi) is 6.09. The van der Waals surface area contributed by atoms with E-state index >= 15 is 0 Å². The third-order valence-corrected chi connectivity index (χ3v) is 6.24. The Morgan fingerprint density at radius 3 is 2.64 bits per heavy atom. The number of benzene rings is 1. The molecule has 10 nitrogen and oxygen atoms in total. The van der Waals surface area contributed by atoms with Crippen LogP contribution in [0.2, 0.25) is 0 Å². The number of nitrogens with one attached hydrogen (secondary N) is 1. The van der Waals surface area contributed by atoms with E-state index in [1.807, 2.05) is 0 Å². The van der Waals surface area contributed by atoms with Crippen molar-refractivity contribution in [3.63, 3.8) is 0 Å². The molecule has 33 heavy (non-hydrogen) atoms. The second kappa shape index (κ2) is 8.98. The Labute approximate surface area is 191 Å². The van der Waals surface area contributed by atoms with Crippen molar-refractivity contribution in [2.45, 2.75) is 25.8 Å². The molecule has 1 atom stereocenters. The van der Waals surface area contributed by atoms with Crippen molar-refractivity contribution in [1.82, 2.24) is 15.5 Å². The number of halogens is 1. The van der Waals surface area contributed by atoms with Crippen LogP contribution in [0.25, 0.3) is 0 Å². The molecule has 2 heterocycles. The maximum Gasteiger partial charge on any atom is 0.273 e. The molecule has 2 aromatic heterocycles. The van der Waals surface area contributed by atoms with E-state index in [0.717, 1.165) is 24.2 Å². The molecule has 172 valence electrons. The van der Waals surface area contributed by atoms with Crippen molar-refractivity contribution in [3.8, 4) is 0 Å². The van der Waals surface area contributed by atoms with Crippen LogP contribution < -0.4 is 21.7 Å². The van der Waals surface area contributed by atoms with Crippen molar-refractivity contribution in [2.24, 2.45) is 11.7 Å². The summed E-state index contributed by atoms with van der Waals surface area (Å²) in [5, 5.41) is 6.62. The number of carbonyl (C=O) groups is 3. The molecule has 0 aliphatic heterocycles. The van der Waals surface area contributed by atoms with Gasteiger partial charge in [-0.25, -0.2) is 9.37 Å². The summed E-state index contributed by atoms with van der Waals surface area (Å²) in [5.74, 6) is -1.94. The highest BCUT2D eigenvalue weighted by Gasteiger charge is 2.29. The Morgan fingerprint density at radius 1 is 1.30 bits per heavy atom. The summed E-state index contributed by atoms with van der Waals surface area (Å²) in [6, 6.07) is 5.74. The van der Waals surface area contributed by atoms with Crippen molar-refractivity contribution in [2.75, 3.05) is 17.2 Å². The lowest BCUT2D eigenvalue weighted by Crippen LogP contribution is -2.39. The SMILES string of the molecule is C[C@H](C(N)=O)N(c1ccc(F)cc1)c1nc(N)c(C(=O)c2cc(C(=O)NCC3CC3)no2)s1. The lowest BCUT2D eigenvalue weighted by Gasteiger charge is -2.26. The van der Waals surface area contributed by atoms with E-state index < -0.39 is 29.5 Å². The number of carbonyl (C=O) groups excluding carboxylic acids is 3. The molecule has 0 radical (unpaired) electrons. The number of nitrogens with two attached hydrogens (primary N) is 2. The molecule has 4 rings (SSSR count). The average Bonchev–Trinajstić information content (AvgIpc) is 3.34. The molecule has 5 N–H and O–H groups in total. The number of aromatic nitrogens is 2. The molecule has 2 amide bonds. The van der Waals surface area contributed by atoms with Crippen LogP contribution >= 0.6 is 11.3 Å². The number of thiazole rings is 1. The molecule has 0 unspecified atom stereocenters. The van der Waals surface area contributed by atoms with Crippen LogP contribution in [0, 0.1) is 11.7 Å². The highest BCUT2D eigenvalue weighted by Crippen LogP contribution is 2.36. The van der Waals surface area contributed by atoms with Crippen molar-refractivity contribution >= 4 is 45.6 Å². The number of ketones is 1. The van der Waals surface area contributed by atoms with Crippen LogP contribution in [-0.2, 0) is 4.79 Å². The normalized spacial score (nSPS) is 14.0. The minimum Gasteiger partial charge on any atom is -0.382 e. The smallest absolute Gasteiger partial charge is 0.273 e. The summed E-state index contributed by atoms with van der Waals surface area (Å²) in [5.41, 5.74) is 11.9. The Morgan fingerprint density at radius 2 is 2.00 bits per heavy atom. The van der Waals surface area contributed by atoms with Gasteiger partial charge in [0.05, 0.1) is 0 Å². The molecule has 1 aromatic carbocycles. The van der Waals surface area contributed by atoms with Gasteiger partial charge in [0.25, 0.3) is 5.91 Å². The predicted octanol–water partition coefficient (Wildman–Crippen LogP) is 2.24. The summed E-state index contributed by atoms with van der Waals surface area (Å²) in [6.07, 6.45) is 2.16. The third kappa shape index (κ3) is 4.85. The van der Waals surface area contributed by atoms with E-state index in [1.54, 1.807) is 6.92 Å². The summed E-state index contributed by atoms with van der Waals surface area (Å²) in [4.78, 5) is 42.7. The van der Waals surface area contributed by atoms with Gasteiger partial charge in [-0.1, -0.05) is 16.5 Å². The quantitative estimate of drug-likeness (QED) is 0.400. The highest BCUT2D eigenvalue weighted by atomic mass is 32.1. The second-order valence-electron chi connectivity index (χ2n) is 7.69. The Bertz CT molecular complexity index is 1200. The van der Waals surface area contributed by atoms with Gasteiger partial charge in [0, 0.05) is 18.3 Å². The van der Waals surface area contributed by atoms with Crippen molar-refractivity contribution in [3.05, 3.63) is 52.5 Å². The molecule has 3 aromatic rings. The zero-order valence-corrected chi connectivity index (χ0v) is 18.4. The van der Waals surface area contributed by atoms with E-state index in [9.17, 15) is 18.8 Å². The molecule has 1 fully saturated rings. The van der Waals surface area contributed by atoms with Gasteiger partial charge in [-0.3, -0.25) is 14.4 Å². The fourth-order valence-electron chi connectivity index (χ4n) is 3.07. The summed E-state index contributed by atoms with van der Waals surface area (Å²) in [6.45, 7) is 2.10. The van der Waals surface area contributed by atoms with Crippen molar-refractivity contribution in [1.29, 1.82) is 0 Å². The van der Waals surface area contributed by atoms with Crippen LogP contribution in [0.15, 0.2) is 34.9 Å². The van der Waals surface area contributed by atoms with E-state index in [4.69, 9.17) is 16.0 Å². The van der Waals surface area contributed by atoms with Crippen LogP contribution in [-0.4, -0.2) is 40.3 Å². The molecule has 12 heteroatoms. The molecule has 1 saturated carbocycles. The fraction of sp³-hybridized carbons (Fsp3) is 0.286. The molecule has 1 aliphatic carbocycles. The monoisotopic (exact) mass is 472 g/mol. The zero-order chi connectivity index (χ0) is 23.7. The van der Waals surface area contributed by atoms with Gasteiger partial charge >= 0.3 is 0 Å². The van der Waals surface area contributed by atoms with E-state index in [-0.39, 0.29) is 27.3 Å². The van der Waals surface area contributed by atoms with Gasteiger partial charge in [-0.2, -0.15) is 0 Å². The van der Waals surface area contributed by atoms with Gasteiger partial charge in [0.2, 0.25) is 17.5 Å². The Balaban J connectivity index is 1.59. The number of rotatable bonds is 9. The maximum absolute atomic E-state index is 13.4. The van der Waals surface area contributed by atoms with Crippen molar-refractivity contribution < 1.29 is 23.3 Å². The van der Waals surface area contributed by atoms with Crippen LogP contribution in [0.4, 0.5) is 21.0 Å². The average molecular weight is 473 g/mol. The lowest BCUT2D eigenvalue weighted by molar-refractivity contribution is -0.118. The third-order valence-electron chi connectivity index (χ3n) is 5.17. The van der Waals surface area contributed by atoms with Gasteiger partial charge in [0.1, 0.15) is 22.6 Å². The molecule has 0 bridgehead atoms. The molecule has 0 spiro atoms. The molecule has 0 saturated heterocycles. The van der Waals surface area contributed by atoms with E-state index in [1.165, 1.54) is 35.2 Å². The molecular weight excluding hydrogens is 451 g/mol. The molecular formula is C21H21FN6O4S. The second-order valence-corrected chi connectivity index (χ2v) is 8.67. The number of nitrogens with zero attached hydrogens (tertiary/aromatic N) is 3. The minimum atomic E-state index is -0.865. The number of nitrogen functional groups attached to an aromatic ring is 1.